The molecule has 3 aliphatic heterocycles. The van der Waals surface area contributed by atoms with Crippen LogP contribution in [0, 0.1) is 24.2 Å². The summed E-state index contributed by atoms with van der Waals surface area (Å²) in [6.45, 7) is 15.2. The summed E-state index contributed by atoms with van der Waals surface area (Å²) in [7, 11) is 0. The number of thiophene rings is 1. The maximum atomic E-state index is 14.3. The lowest BCUT2D eigenvalue weighted by atomic mass is 9.76. The number of ketones is 2. The first-order valence-corrected chi connectivity index (χ1v) is 27.0. The molecule has 5 atom stereocenters. The van der Waals surface area contributed by atoms with Crippen LogP contribution in [0.1, 0.15) is 64.6 Å². The lowest BCUT2D eigenvalue weighted by molar-refractivity contribution is -0.146. The minimum absolute atomic E-state index is 0.0260. The smallest absolute Gasteiger partial charge is 0.227 e. The minimum Gasteiger partial charge on any atom is -0.508 e. The summed E-state index contributed by atoms with van der Waals surface area (Å²) in [6, 6.07) is 30.0. The van der Waals surface area contributed by atoms with Crippen molar-refractivity contribution < 1.29 is 33.7 Å². The number of rotatable bonds is 20. The number of halogens is 1. The first-order valence-electron chi connectivity index (χ1n) is 24.5. The highest BCUT2D eigenvalue weighted by Gasteiger charge is 2.44. The van der Waals surface area contributed by atoms with Crippen molar-refractivity contribution in [1.82, 2.24) is 19.7 Å². The largest absolute Gasteiger partial charge is 0.508 e. The molecule has 6 aromatic rings. The van der Waals surface area contributed by atoms with Crippen LogP contribution in [0.4, 0.5) is 0 Å². The number of amides is 1. The van der Waals surface area contributed by atoms with Gasteiger partial charge in [0.25, 0.3) is 0 Å². The Morgan fingerprint density at radius 1 is 0.843 bits per heavy atom. The molecule has 0 radical (unpaired) electrons. The molecule has 1 amide bonds. The number of aromatic nitrogens is 1. The maximum absolute atomic E-state index is 14.3. The molecule has 11 nitrogen and oxygen atoms in total. The summed E-state index contributed by atoms with van der Waals surface area (Å²) in [5.41, 5.74) is 5.67. The molecule has 368 valence electrons. The molecule has 0 unspecified atom stereocenters. The molecule has 9 rings (SSSR count). The van der Waals surface area contributed by atoms with Crippen molar-refractivity contribution in [2.45, 2.75) is 84.8 Å². The molecule has 14 heteroatoms. The second-order valence-electron chi connectivity index (χ2n) is 20.4. The van der Waals surface area contributed by atoms with Crippen molar-refractivity contribution >= 4 is 66.2 Å². The molecule has 0 saturated carbocycles. The number of hydrogen-bond donors (Lipinski definition) is 1. The predicted molar refractivity (Wildman–Crippen MR) is 282 cm³/mol. The number of ether oxygens (including phenoxy) is 3. The van der Waals surface area contributed by atoms with E-state index in [1.165, 1.54) is 0 Å². The zero-order chi connectivity index (χ0) is 49.1. The number of likely N-dealkylation sites (tertiary alicyclic amines) is 3. The van der Waals surface area contributed by atoms with E-state index < -0.39 is 17.4 Å². The van der Waals surface area contributed by atoms with Gasteiger partial charge in [0.15, 0.2) is 17.3 Å². The number of benzene rings is 4. The van der Waals surface area contributed by atoms with Crippen LogP contribution in [0.3, 0.4) is 0 Å². The van der Waals surface area contributed by atoms with E-state index in [4.69, 9.17) is 14.2 Å². The normalized spacial score (nSPS) is 19.8. The summed E-state index contributed by atoms with van der Waals surface area (Å²) in [5, 5.41) is 11.1. The van der Waals surface area contributed by atoms with E-state index in [1.54, 1.807) is 39.7 Å². The number of aromatic hydroxyl groups is 1. The number of piperazine rings is 1. The van der Waals surface area contributed by atoms with Crippen molar-refractivity contribution in [2.24, 2.45) is 17.3 Å². The summed E-state index contributed by atoms with van der Waals surface area (Å²) in [5.74, 6) is 2.04. The third-order valence-corrected chi connectivity index (χ3v) is 16.9. The maximum Gasteiger partial charge on any atom is 0.227 e. The van der Waals surface area contributed by atoms with E-state index in [0.29, 0.717) is 56.9 Å². The molecule has 3 saturated heterocycles. The topological polar surface area (TPSA) is 122 Å². The Morgan fingerprint density at radius 3 is 2.19 bits per heavy atom. The number of carbonyl (C=O) groups excluding carboxylic acids is 3. The van der Waals surface area contributed by atoms with Gasteiger partial charge >= 0.3 is 0 Å². The van der Waals surface area contributed by atoms with Crippen LogP contribution in [0.5, 0.6) is 23.0 Å². The lowest BCUT2D eigenvalue weighted by Gasteiger charge is -2.35. The summed E-state index contributed by atoms with van der Waals surface area (Å²) < 4.78 is 20.6. The van der Waals surface area contributed by atoms with E-state index in [1.807, 2.05) is 75.7 Å². The van der Waals surface area contributed by atoms with Gasteiger partial charge in [-0.25, -0.2) is 4.98 Å². The molecular weight excluding hydrogens is 985 g/mol. The molecule has 2 bridgehead atoms. The van der Waals surface area contributed by atoms with E-state index in [9.17, 15) is 19.5 Å². The predicted octanol–water partition coefficient (Wildman–Crippen LogP) is 11.5. The van der Waals surface area contributed by atoms with Crippen LogP contribution in [0.25, 0.3) is 31.0 Å². The van der Waals surface area contributed by atoms with Crippen molar-refractivity contribution in [1.29, 1.82) is 0 Å². The van der Waals surface area contributed by atoms with E-state index in [0.717, 1.165) is 90.8 Å². The zero-order valence-corrected chi connectivity index (χ0v) is 43.9. The number of thiazole rings is 1. The van der Waals surface area contributed by atoms with Crippen LogP contribution in [0.2, 0.25) is 0 Å². The minimum atomic E-state index is -0.545. The van der Waals surface area contributed by atoms with Crippen LogP contribution in [-0.2, 0) is 25.5 Å². The van der Waals surface area contributed by atoms with Gasteiger partial charge in [-0.3, -0.25) is 24.2 Å². The number of phenolic OH excluding ortho intramolecular Hbond substituents is 1. The first kappa shape index (κ1) is 50.0. The molecule has 1 N–H and O–H groups in total. The van der Waals surface area contributed by atoms with Crippen molar-refractivity contribution in [3.8, 4) is 43.9 Å². The highest BCUT2D eigenvalue weighted by atomic mass is 79.9. The molecule has 0 aliphatic carbocycles. The third kappa shape index (κ3) is 11.7. The Balaban J connectivity index is 0.692. The second-order valence-corrected chi connectivity index (χ2v) is 23.2. The van der Waals surface area contributed by atoms with Gasteiger partial charge < -0.3 is 24.2 Å². The molecule has 4 aromatic carbocycles. The fourth-order valence-corrected chi connectivity index (χ4v) is 12.6. The average molecular weight is 1050 g/mol. The number of aryl methyl sites for hydroxylation is 2. The van der Waals surface area contributed by atoms with Gasteiger partial charge in [0.2, 0.25) is 5.91 Å². The number of fused-ring (bicyclic) bond motifs is 3. The fourth-order valence-electron chi connectivity index (χ4n) is 10.4. The van der Waals surface area contributed by atoms with Gasteiger partial charge in [-0.05, 0) is 109 Å². The fraction of sp³-hybridized carbons (Fsp3) is 0.429. The Labute approximate surface area is 427 Å². The third-order valence-electron chi connectivity index (χ3n) is 14.2. The standard InChI is InChI=1S/C56H63BrN4O7S2/c1-35-26-49(50(64)21-8-37-6-9-38(10-7-37)53-36(2)58-34-69-53)61(30-35)55(65)48(56(3,4)5)28-44(63)33-66-24-22-59-31-42-27-41(59)32-60(42)23-25-67-45-16-18-46(19-17-45)68-52-47-20-15-43(62)29-51(47)70-54(52)39-11-13-40(57)14-12-39/h6-7,9-20,29,34-35,41-42,48-49,62H,8,21-28,30-33H2,1-5H3/t35-,41+,42+,48-,49+/m1/s1. The highest BCUT2D eigenvalue weighted by Crippen LogP contribution is 2.47. The van der Waals surface area contributed by atoms with Gasteiger partial charge in [0.05, 0.1) is 33.6 Å². The van der Waals surface area contributed by atoms with Gasteiger partial charge in [-0.1, -0.05) is 80.0 Å². The number of hydrogen-bond acceptors (Lipinski definition) is 12. The van der Waals surface area contributed by atoms with Crippen LogP contribution >= 0.6 is 38.6 Å². The second kappa shape index (κ2) is 21.8. The van der Waals surface area contributed by atoms with Gasteiger partial charge in [0, 0.05) is 78.1 Å². The SMILES string of the molecule is Cc1ncsc1-c1ccc(CCC(=O)[C@@H]2C[C@@H](C)CN2C(=O)[C@@H](CC(=O)COCCN2C[C@@H]3C[C@H]2CN3CCOc2ccc(Oc3c(-c4ccc(Br)cc4)sc4cc(O)ccc34)cc2)C(C)(C)C)cc1. The summed E-state index contributed by atoms with van der Waals surface area (Å²) in [4.78, 5) is 54.7. The molecule has 5 heterocycles. The van der Waals surface area contributed by atoms with Crippen molar-refractivity contribution in [2.75, 3.05) is 52.5 Å². The Hall–Kier alpha value is -4.96. The molecule has 3 aliphatic rings. The quantitative estimate of drug-likeness (QED) is 0.0740. The molecule has 2 aromatic heterocycles. The molecule has 70 heavy (non-hydrogen) atoms. The summed E-state index contributed by atoms with van der Waals surface area (Å²) in [6.07, 6.45) is 2.84. The first-order chi connectivity index (χ1) is 33.7. The number of nitrogens with zero attached hydrogens (tertiary/aromatic N) is 4. The molecular formula is C56H63BrN4O7S2. The van der Waals surface area contributed by atoms with Crippen LogP contribution < -0.4 is 9.47 Å². The van der Waals surface area contributed by atoms with E-state index in [2.05, 4.69) is 74.0 Å². The number of Topliss-reactive ketones (excluding diaryl/α,β-unsaturated/α-hetero) is 2. The monoisotopic (exact) mass is 1050 g/mol. The van der Waals surface area contributed by atoms with Gasteiger partial charge in [-0.2, -0.15) is 0 Å². The molecule has 0 spiro atoms. The van der Waals surface area contributed by atoms with E-state index >= 15 is 0 Å². The van der Waals surface area contributed by atoms with Crippen LogP contribution in [0.15, 0.2) is 101 Å². The number of carbonyl (C=O) groups is 3. The van der Waals surface area contributed by atoms with Gasteiger partial charge in [-0.15, -0.1) is 22.7 Å². The zero-order valence-electron chi connectivity index (χ0n) is 40.7. The Bertz CT molecular complexity index is 2790. The van der Waals surface area contributed by atoms with Crippen LogP contribution in [-0.4, -0.2) is 113 Å². The molecule has 3 fully saturated rings. The number of phenols is 1. The van der Waals surface area contributed by atoms with E-state index in [-0.39, 0.29) is 42.2 Å². The summed E-state index contributed by atoms with van der Waals surface area (Å²) >= 11 is 6.75. The Kier molecular flexibility index (Phi) is 15.6. The van der Waals surface area contributed by atoms with Crippen molar-refractivity contribution in [3.05, 3.63) is 112 Å². The average Bonchev–Trinajstić information content (AvgIpc) is 4.19. The van der Waals surface area contributed by atoms with Gasteiger partial charge in [0.1, 0.15) is 30.5 Å². The Morgan fingerprint density at radius 2 is 1.51 bits per heavy atom. The van der Waals surface area contributed by atoms with Crippen molar-refractivity contribution in [3.63, 3.8) is 0 Å². The lowest BCUT2D eigenvalue weighted by Crippen LogP contribution is -2.48. The highest BCUT2D eigenvalue weighted by molar-refractivity contribution is 9.10.